The highest BCUT2D eigenvalue weighted by Crippen LogP contribution is 2.41. The molecule has 1 fully saturated rings. The minimum absolute atomic E-state index is 0.120. The van der Waals surface area contributed by atoms with Gasteiger partial charge in [-0.05, 0) is 18.2 Å². The van der Waals surface area contributed by atoms with Crippen molar-refractivity contribution in [2.24, 2.45) is 0 Å². The van der Waals surface area contributed by atoms with Crippen LogP contribution in [-0.2, 0) is 10.3 Å². The number of nitrogens with zero attached hydrogens (tertiary/aromatic N) is 1. The first-order chi connectivity index (χ1) is 13.6. The second-order valence-electron chi connectivity index (χ2n) is 6.89. The molecule has 0 radical (unpaired) electrons. The van der Waals surface area contributed by atoms with Gasteiger partial charge in [-0.2, -0.15) is 0 Å². The van der Waals surface area contributed by atoms with Crippen LogP contribution in [0.3, 0.4) is 0 Å². The third-order valence-corrected chi connectivity index (χ3v) is 5.26. The molecule has 3 amide bonds. The van der Waals surface area contributed by atoms with E-state index in [2.05, 4.69) is 5.32 Å². The Bertz CT molecular complexity index is 1100. The van der Waals surface area contributed by atoms with Crippen LogP contribution in [0.2, 0.25) is 0 Å². The van der Waals surface area contributed by atoms with Crippen LogP contribution in [0.5, 0.6) is 5.75 Å². The SMILES string of the molecule is O=C(CN1C(=O)N[C@@]2(CCOc3ccccc32)C1=O)c1cc2ccccc2o1. The highest BCUT2D eigenvalue weighted by molar-refractivity contribution is 6.11. The van der Waals surface area contributed by atoms with Crippen molar-refractivity contribution in [2.75, 3.05) is 13.2 Å². The van der Waals surface area contributed by atoms with E-state index >= 15 is 0 Å². The number of para-hydroxylation sites is 2. The first-order valence-electron chi connectivity index (χ1n) is 8.97. The lowest BCUT2D eigenvalue weighted by molar-refractivity contribution is -0.132. The van der Waals surface area contributed by atoms with Gasteiger partial charge in [-0.3, -0.25) is 14.5 Å². The molecule has 7 heteroatoms. The molecule has 3 aromatic rings. The highest BCUT2D eigenvalue weighted by atomic mass is 16.5. The minimum atomic E-state index is -1.19. The molecule has 140 valence electrons. The van der Waals surface area contributed by atoms with Gasteiger partial charge < -0.3 is 14.5 Å². The minimum Gasteiger partial charge on any atom is -0.493 e. The van der Waals surface area contributed by atoms with Crippen molar-refractivity contribution in [3.63, 3.8) is 0 Å². The number of ether oxygens (including phenoxy) is 1. The lowest BCUT2D eigenvalue weighted by Crippen LogP contribution is -2.47. The molecule has 1 N–H and O–H groups in total. The Morgan fingerprint density at radius 1 is 1.11 bits per heavy atom. The van der Waals surface area contributed by atoms with Crippen molar-refractivity contribution >= 4 is 28.7 Å². The lowest BCUT2D eigenvalue weighted by atomic mass is 9.84. The predicted molar refractivity (Wildman–Crippen MR) is 99.0 cm³/mol. The summed E-state index contributed by atoms with van der Waals surface area (Å²) in [5.41, 5.74) is -0.00347. The molecule has 1 atom stereocenters. The quantitative estimate of drug-likeness (QED) is 0.561. The highest BCUT2D eigenvalue weighted by Gasteiger charge is 2.55. The molecule has 7 nitrogen and oxygen atoms in total. The van der Waals surface area contributed by atoms with Crippen LogP contribution < -0.4 is 10.1 Å². The zero-order valence-corrected chi connectivity index (χ0v) is 14.8. The van der Waals surface area contributed by atoms with Crippen molar-refractivity contribution in [2.45, 2.75) is 12.0 Å². The van der Waals surface area contributed by atoms with E-state index in [1.807, 2.05) is 24.3 Å². The number of amides is 3. The molecular weight excluding hydrogens is 360 g/mol. The first-order valence-corrected chi connectivity index (χ1v) is 8.97. The number of furan rings is 1. The fraction of sp³-hybridized carbons (Fsp3) is 0.190. The molecule has 5 rings (SSSR count). The summed E-state index contributed by atoms with van der Waals surface area (Å²) in [6, 6.07) is 15.4. The van der Waals surface area contributed by atoms with E-state index in [4.69, 9.17) is 9.15 Å². The smallest absolute Gasteiger partial charge is 0.325 e. The number of fused-ring (bicyclic) bond motifs is 3. The average Bonchev–Trinajstić information content (AvgIpc) is 3.24. The van der Waals surface area contributed by atoms with Gasteiger partial charge >= 0.3 is 6.03 Å². The lowest BCUT2D eigenvalue weighted by Gasteiger charge is -2.33. The van der Waals surface area contributed by atoms with Gasteiger partial charge in [0.2, 0.25) is 5.78 Å². The van der Waals surface area contributed by atoms with E-state index in [-0.39, 0.29) is 12.3 Å². The van der Waals surface area contributed by atoms with Gasteiger partial charge in [0.05, 0.1) is 13.2 Å². The maximum atomic E-state index is 13.2. The Hall–Kier alpha value is -3.61. The number of hydrogen-bond donors (Lipinski definition) is 1. The van der Waals surface area contributed by atoms with Crippen LogP contribution in [0.15, 0.2) is 59.0 Å². The van der Waals surface area contributed by atoms with Gasteiger partial charge in [-0.15, -0.1) is 0 Å². The Balaban J connectivity index is 1.45. The van der Waals surface area contributed by atoms with Gasteiger partial charge in [0.15, 0.2) is 11.3 Å². The Morgan fingerprint density at radius 2 is 1.89 bits per heavy atom. The summed E-state index contributed by atoms with van der Waals surface area (Å²) in [4.78, 5) is 39.4. The molecule has 0 saturated carbocycles. The van der Waals surface area contributed by atoms with Crippen LogP contribution >= 0.6 is 0 Å². The molecule has 2 aromatic carbocycles. The van der Waals surface area contributed by atoms with Crippen molar-refractivity contribution in [1.29, 1.82) is 0 Å². The summed E-state index contributed by atoms with van der Waals surface area (Å²) in [7, 11) is 0. The fourth-order valence-electron chi connectivity index (χ4n) is 3.86. The Kier molecular flexibility index (Phi) is 3.52. The van der Waals surface area contributed by atoms with Crippen molar-refractivity contribution in [3.05, 3.63) is 65.9 Å². The molecular formula is C21H16N2O5. The second kappa shape index (κ2) is 5.95. The molecule has 0 unspecified atom stereocenters. The van der Waals surface area contributed by atoms with E-state index < -0.39 is 23.3 Å². The summed E-state index contributed by atoms with van der Waals surface area (Å²) >= 11 is 0. The van der Waals surface area contributed by atoms with Crippen LogP contribution in [0.1, 0.15) is 22.5 Å². The number of carbonyl (C=O) groups excluding carboxylic acids is 3. The number of nitrogens with one attached hydrogen (secondary N) is 1. The molecule has 0 aliphatic carbocycles. The largest absolute Gasteiger partial charge is 0.493 e. The fourth-order valence-corrected chi connectivity index (χ4v) is 3.86. The second-order valence-corrected chi connectivity index (χ2v) is 6.89. The van der Waals surface area contributed by atoms with Crippen LogP contribution in [0.4, 0.5) is 4.79 Å². The number of Topliss-reactive ketones (excluding diaryl/α,β-unsaturated/α-hetero) is 1. The number of rotatable bonds is 3. The van der Waals surface area contributed by atoms with E-state index in [0.717, 1.165) is 10.3 Å². The number of carbonyl (C=O) groups is 3. The van der Waals surface area contributed by atoms with Crippen LogP contribution in [0.25, 0.3) is 11.0 Å². The topological polar surface area (TPSA) is 88.9 Å². The maximum Gasteiger partial charge on any atom is 0.325 e. The van der Waals surface area contributed by atoms with Crippen molar-refractivity contribution < 1.29 is 23.5 Å². The van der Waals surface area contributed by atoms with E-state index in [1.165, 1.54) is 0 Å². The van der Waals surface area contributed by atoms with Gasteiger partial charge in [0, 0.05) is 17.4 Å². The molecule has 1 spiro atoms. The standard InChI is InChI=1S/C21H16N2O5/c24-15(18-11-13-5-1-3-7-16(13)28-18)12-23-19(25)21(22-20(23)26)9-10-27-17-8-4-2-6-14(17)21/h1-8,11H,9-10,12H2,(H,22,26)/t21-/m1/s1. The van der Waals surface area contributed by atoms with E-state index in [1.54, 1.807) is 30.3 Å². The van der Waals surface area contributed by atoms with E-state index in [9.17, 15) is 14.4 Å². The monoisotopic (exact) mass is 376 g/mol. The third kappa shape index (κ3) is 2.32. The summed E-state index contributed by atoms with van der Waals surface area (Å²) in [5.74, 6) is -0.196. The molecule has 28 heavy (non-hydrogen) atoms. The van der Waals surface area contributed by atoms with Crippen molar-refractivity contribution in [1.82, 2.24) is 10.2 Å². The number of ketones is 1. The van der Waals surface area contributed by atoms with Gasteiger partial charge in [-0.25, -0.2) is 4.79 Å². The summed E-state index contributed by atoms with van der Waals surface area (Å²) in [6.07, 6.45) is 0.309. The number of urea groups is 1. The van der Waals surface area contributed by atoms with Crippen LogP contribution in [0, 0.1) is 0 Å². The average molecular weight is 376 g/mol. The normalized spacial score (nSPS) is 20.9. The molecule has 1 aromatic heterocycles. The van der Waals surface area contributed by atoms with E-state index in [0.29, 0.717) is 29.9 Å². The predicted octanol–water partition coefficient (Wildman–Crippen LogP) is 2.85. The van der Waals surface area contributed by atoms with Crippen molar-refractivity contribution in [3.8, 4) is 5.75 Å². The number of hydrogen-bond acceptors (Lipinski definition) is 5. The molecule has 2 aliphatic rings. The van der Waals surface area contributed by atoms with Crippen LogP contribution in [-0.4, -0.2) is 35.8 Å². The summed E-state index contributed by atoms with van der Waals surface area (Å²) in [5, 5.41) is 3.57. The summed E-state index contributed by atoms with van der Waals surface area (Å²) < 4.78 is 11.2. The van der Waals surface area contributed by atoms with Gasteiger partial charge in [0.1, 0.15) is 11.3 Å². The molecule has 2 aliphatic heterocycles. The van der Waals surface area contributed by atoms with Gasteiger partial charge in [-0.1, -0.05) is 36.4 Å². The Morgan fingerprint density at radius 3 is 2.75 bits per heavy atom. The number of imide groups is 1. The van der Waals surface area contributed by atoms with Gasteiger partial charge in [0.25, 0.3) is 5.91 Å². The Labute approximate surface area is 159 Å². The zero-order valence-electron chi connectivity index (χ0n) is 14.8. The zero-order chi connectivity index (χ0) is 19.3. The molecule has 3 heterocycles. The molecule has 1 saturated heterocycles. The molecule has 0 bridgehead atoms. The summed E-state index contributed by atoms with van der Waals surface area (Å²) in [6.45, 7) is -0.0797. The number of benzene rings is 2. The third-order valence-electron chi connectivity index (χ3n) is 5.26. The maximum absolute atomic E-state index is 13.2. The first kappa shape index (κ1) is 16.6.